The highest BCUT2D eigenvalue weighted by Gasteiger charge is 2.34. The van der Waals surface area contributed by atoms with Crippen molar-refractivity contribution in [3.63, 3.8) is 0 Å². The van der Waals surface area contributed by atoms with Gasteiger partial charge in [-0.25, -0.2) is 4.79 Å². The van der Waals surface area contributed by atoms with Gasteiger partial charge in [-0.3, -0.25) is 19.8 Å². The number of rotatable bonds is 5. The summed E-state index contributed by atoms with van der Waals surface area (Å²) in [6.07, 6.45) is 1.98. The van der Waals surface area contributed by atoms with Crippen molar-refractivity contribution in [3.8, 4) is 0 Å². The van der Waals surface area contributed by atoms with Crippen molar-refractivity contribution in [2.45, 2.75) is 25.3 Å². The zero-order valence-electron chi connectivity index (χ0n) is 8.94. The summed E-state index contributed by atoms with van der Waals surface area (Å²) in [5.74, 6) is -0.993. The molecule has 4 amide bonds. The van der Waals surface area contributed by atoms with E-state index in [4.69, 9.17) is 11.5 Å². The number of imide groups is 2. The molecule has 0 aromatic carbocycles. The number of nitrogens with one attached hydrogen (secondary N) is 1. The van der Waals surface area contributed by atoms with E-state index in [9.17, 15) is 14.4 Å². The van der Waals surface area contributed by atoms with Crippen LogP contribution in [-0.4, -0.2) is 41.9 Å². The largest absolute Gasteiger partial charge is 0.331 e. The molecule has 90 valence electrons. The summed E-state index contributed by atoms with van der Waals surface area (Å²) >= 11 is 0. The standard InChI is InChI=1S/C9H16N4O3/c10-4-2-1-3-6(11)8(15)13-5-7(14)12-9(13)16/h6H,1-5,10-11H2,(H,12,14,16)/t6-/m0/s1. The lowest BCUT2D eigenvalue weighted by molar-refractivity contribution is -0.131. The zero-order chi connectivity index (χ0) is 12.1. The summed E-state index contributed by atoms with van der Waals surface area (Å²) in [6.45, 7) is 0.311. The Morgan fingerprint density at radius 2 is 2.12 bits per heavy atom. The van der Waals surface area contributed by atoms with Gasteiger partial charge in [-0.1, -0.05) is 6.42 Å². The molecular weight excluding hydrogens is 212 g/mol. The molecule has 1 fully saturated rings. The summed E-state index contributed by atoms with van der Waals surface area (Å²) < 4.78 is 0. The first kappa shape index (κ1) is 12.6. The maximum absolute atomic E-state index is 11.7. The van der Waals surface area contributed by atoms with Crippen molar-refractivity contribution < 1.29 is 14.4 Å². The molecule has 1 heterocycles. The van der Waals surface area contributed by atoms with Crippen molar-refractivity contribution in [3.05, 3.63) is 0 Å². The fourth-order valence-electron chi connectivity index (χ4n) is 1.45. The van der Waals surface area contributed by atoms with Crippen molar-refractivity contribution in [2.24, 2.45) is 11.5 Å². The highest BCUT2D eigenvalue weighted by atomic mass is 16.2. The Morgan fingerprint density at radius 3 is 2.62 bits per heavy atom. The number of urea groups is 1. The van der Waals surface area contributed by atoms with Gasteiger partial charge in [0.2, 0.25) is 11.8 Å². The quantitative estimate of drug-likeness (QED) is 0.392. The van der Waals surface area contributed by atoms with Crippen LogP contribution in [0.1, 0.15) is 19.3 Å². The fraction of sp³-hybridized carbons (Fsp3) is 0.667. The highest BCUT2D eigenvalue weighted by molar-refractivity contribution is 6.10. The normalized spacial score (nSPS) is 17.5. The first-order valence-corrected chi connectivity index (χ1v) is 5.17. The fourth-order valence-corrected chi connectivity index (χ4v) is 1.45. The predicted octanol–water partition coefficient (Wildman–Crippen LogP) is -1.48. The van der Waals surface area contributed by atoms with Crippen LogP contribution in [-0.2, 0) is 9.59 Å². The molecule has 7 nitrogen and oxygen atoms in total. The molecule has 1 atom stereocenters. The minimum absolute atomic E-state index is 0.234. The first-order valence-electron chi connectivity index (χ1n) is 5.17. The molecule has 1 rings (SSSR count). The third-order valence-corrected chi connectivity index (χ3v) is 2.35. The third-order valence-electron chi connectivity index (χ3n) is 2.35. The molecule has 0 saturated carbocycles. The van der Waals surface area contributed by atoms with Gasteiger partial charge in [-0.05, 0) is 19.4 Å². The van der Waals surface area contributed by atoms with Crippen molar-refractivity contribution >= 4 is 17.8 Å². The number of carbonyl (C=O) groups is 3. The maximum Gasteiger partial charge on any atom is 0.331 e. The smallest absolute Gasteiger partial charge is 0.330 e. The van der Waals surface area contributed by atoms with Crippen LogP contribution < -0.4 is 16.8 Å². The van der Waals surface area contributed by atoms with Crippen LogP contribution in [0.25, 0.3) is 0 Å². The van der Waals surface area contributed by atoms with Gasteiger partial charge in [-0.15, -0.1) is 0 Å². The number of unbranched alkanes of at least 4 members (excludes halogenated alkanes) is 1. The molecule has 0 aromatic rings. The second kappa shape index (κ2) is 5.57. The van der Waals surface area contributed by atoms with E-state index in [-0.39, 0.29) is 6.54 Å². The van der Waals surface area contributed by atoms with Gasteiger partial charge in [0.1, 0.15) is 6.54 Å². The van der Waals surface area contributed by atoms with Gasteiger partial charge in [0, 0.05) is 0 Å². The van der Waals surface area contributed by atoms with E-state index in [2.05, 4.69) is 0 Å². The first-order chi connectivity index (χ1) is 7.56. The number of hydrogen-bond donors (Lipinski definition) is 3. The van der Waals surface area contributed by atoms with Crippen LogP contribution in [0.5, 0.6) is 0 Å². The predicted molar refractivity (Wildman–Crippen MR) is 56.1 cm³/mol. The second-order valence-electron chi connectivity index (χ2n) is 3.67. The Kier molecular flexibility index (Phi) is 4.39. The SMILES string of the molecule is NCCCC[C@H](N)C(=O)N1CC(=O)NC1=O. The Balaban J connectivity index is 2.44. The summed E-state index contributed by atoms with van der Waals surface area (Å²) in [4.78, 5) is 34.5. The summed E-state index contributed by atoms with van der Waals surface area (Å²) in [5.41, 5.74) is 10.9. The van der Waals surface area contributed by atoms with E-state index >= 15 is 0 Å². The summed E-state index contributed by atoms with van der Waals surface area (Å²) in [5, 5.41) is 2.02. The average Bonchev–Trinajstić information content (AvgIpc) is 2.57. The van der Waals surface area contributed by atoms with Crippen LogP contribution in [0, 0.1) is 0 Å². The molecule has 0 spiro atoms. The number of nitrogens with two attached hydrogens (primary N) is 2. The second-order valence-corrected chi connectivity index (χ2v) is 3.67. The van der Waals surface area contributed by atoms with Crippen molar-refractivity contribution in [2.75, 3.05) is 13.1 Å². The molecule has 1 aliphatic rings. The molecule has 0 bridgehead atoms. The van der Waals surface area contributed by atoms with Crippen LogP contribution in [0.3, 0.4) is 0 Å². The zero-order valence-corrected chi connectivity index (χ0v) is 8.94. The Hall–Kier alpha value is -1.47. The average molecular weight is 228 g/mol. The number of hydrogen-bond acceptors (Lipinski definition) is 5. The third kappa shape index (κ3) is 3.01. The minimum atomic E-state index is -0.747. The lowest BCUT2D eigenvalue weighted by Gasteiger charge is -2.16. The Bertz CT molecular complexity index is 305. The Labute approximate surface area is 93.1 Å². The molecule has 5 N–H and O–H groups in total. The van der Waals surface area contributed by atoms with E-state index in [0.29, 0.717) is 13.0 Å². The molecule has 7 heteroatoms. The van der Waals surface area contributed by atoms with Crippen molar-refractivity contribution in [1.82, 2.24) is 10.2 Å². The van der Waals surface area contributed by atoms with Crippen LogP contribution in [0.2, 0.25) is 0 Å². The van der Waals surface area contributed by atoms with Crippen LogP contribution in [0.15, 0.2) is 0 Å². The lowest BCUT2D eigenvalue weighted by Crippen LogP contribution is -2.45. The van der Waals surface area contributed by atoms with E-state index in [1.165, 1.54) is 0 Å². The number of carbonyl (C=O) groups excluding carboxylic acids is 3. The van der Waals surface area contributed by atoms with E-state index in [0.717, 1.165) is 17.7 Å². The monoisotopic (exact) mass is 228 g/mol. The number of amides is 4. The van der Waals surface area contributed by atoms with Gasteiger partial charge in [0.25, 0.3) is 0 Å². The molecule has 0 aliphatic carbocycles. The molecule has 0 radical (unpaired) electrons. The molecular formula is C9H16N4O3. The summed E-state index contributed by atoms with van der Waals surface area (Å²) in [6, 6.07) is -1.44. The van der Waals surface area contributed by atoms with Crippen LogP contribution >= 0.6 is 0 Å². The lowest BCUT2D eigenvalue weighted by atomic mass is 10.1. The van der Waals surface area contributed by atoms with E-state index < -0.39 is 23.9 Å². The molecule has 0 aromatic heterocycles. The molecule has 1 saturated heterocycles. The maximum atomic E-state index is 11.7. The van der Waals surface area contributed by atoms with E-state index in [1.54, 1.807) is 0 Å². The van der Waals surface area contributed by atoms with Crippen LogP contribution in [0.4, 0.5) is 4.79 Å². The van der Waals surface area contributed by atoms with Gasteiger partial charge in [0.05, 0.1) is 6.04 Å². The molecule has 0 unspecified atom stereocenters. The Morgan fingerprint density at radius 1 is 1.44 bits per heavy atom. The van der Waals surface area contributed by atoms with Gasteiger partial charge in [-0.2, -0.15) is 0 Å². The molecule has 16 heavy (non-hydrogen) atoms. The van der Waals surface area contributed by atoms with Gasteiger partial charge >= 0.3 is 6.03 Å². The topological polar surface area (TPSA) is 119 Å². The summed E-state index contributed by atoms with van der Waals surface area (Å²) in [7, 11) is 0. The van der Waals surface area contributed by atoms with Crippen molar-refractivity contribution in [1.29, 1.82) is 0 Å². The number of nitrogens with zero attached hydrogens (tertiary/aromatic N) is 1. The highest BCUT2D eigenvalue weighted by Crippen LogP contribution is 2.05. The van der Waals surface area contributed by atoms with E-state index in [1.807, 2.05) is 5.32 Å². The molecule has 1 aliphatic heterocycles. The van der Waals surface area contributed by atoms with Gasteiger partial charge < -0.3 is 11.5 Å². The minimum Gasteiger partial charge on any atom is -0.330 e. The van der Waals surface area contributed by atoms with Gasteiger partial charge in [0.15, 0.2) is 0 Å².